The predicted octanol–water partition coefficient (Wildman–Crippen LogP) is 3.41. The molecule has 1 amide bonds. The summed E-state index contributed by atoms with van der Waals surface area (Å²) in [6.45, 7) is -0.244. The number of hydrogen-bond acceptors (Lipinski definition) is 3. The molecule has 3 aromatic rings. The monoisotopic (exact) mass is 363 g/mol. The number of hydrogen-bond donors (Lipinski definition) is 2. The highest BCUT2D eigenvalue weighted by Crippen LogP contribution is 2.24. The first-order valence-corrected chi connectivity index (χ1v) is 7.96. The fourth-order valence-corrected chi connectivity index (χ4v) is 2.74. The van der Waals surface area contributed by atoms with E-state index in [1.165, 1.54) is 28.8 Å². The molecule has 134 valence electrons. The summed E-state index contributed by atoms with van der Waals surface area (Å²) in [6, 6.07) is 14.3. The van der Waals surface area contributed by atoms with Crippen molar-refractivity contribution >= 4 is 34.5 Å². The van der Waals surface area contributed by atoms with Crippen LogP contribution >= 0.6 is 0 Å². The van der Waals surface area contributed by atoms with Crippen LogP contribution in [0.3, 0.4) is 0 Å². The molecule has 0 aliphatic heterocycles. The zero-order chi connectivity index (χ0) is 19.4. The third-order valence-electron chi connectivity index (χ3n) is 3.87. The molecule has 6 nitrogen and oxygen atoms in total. The smallest absolute Gasteiger partial charge is 0.323 e. The second kappa shape index (κ2) is 7.54. The minimum Gasteiger partial charge on any atom is -0.480 e. The summed E-state index contributed by atoms with van der Waals surface area (Å²) in [5.41, 5.74) is 1.26. The number of aromatic nitrogens is 1. The molecule has 0 bridgehead atoms. The van der Waals surface area contributed by atoms with E-state index in [1.54, 1.807) is 30.5 Å². The largest absolute Gasteiger partial charge is 0.480 e. The Morgan fingerprint density at radius 2 is 2.00 bits per heavy atom. The van der Waals surface area contributed by atoms with Gasteiger partial charge in [0, 0.05) is 28.4 Å². The van der Waals surface area contributed by atoms with Crippen molar-refractivity contribution in [1.82, 2.24) is 4.57 Å². The minimum absolute atomic E-state index is 0.183. The average molecular weight is 363 g/mol. The van der Waals surface area contributed by atoms with Crippen LogP contribution in [-0.2, 0) is 16.1 Å². The Labute approximate surface area is 153 Å². The lowest BCUT2D eigenvalue weighted by Crippen LogP contribution is -2.13. The van der Waals surface area contributed by atoms with E-state index in [0.29, 0.717) is 16.5 Å². The van der Waals surface area contributed by atoms with Gasteiger partial charge >= 0.3 is 5.97 Å². The van der Waals surface area contributed by atoms with Crippen LogP contribution in [0.1, 0.15) is 5.56 Å². The van der Waals surface area contributed by atoms with Gasteiger partial charge in [0.1, 0.15) is 24.0 Å². The second-order valence-electron chi connectivity index (χ2n) is 5.76. The van der Waals surface area contributed by atoms with Gasteiger partial charge in [0.05, 0.1) is 0 Å². The van der Waals surface area contributed by atoms with Gasteiger partial charge in [0.2, 0.25) is 0 Å². The fraction of sp³-hybridized carbons (Fsp3) is 0.0500. The maximum atomic E-state index is 13.2. The van der Waals surface area contributed by atoms with Crippen LogP contribution in [-0.4, -0.2) is 21.6 Å². The Hall–Kier alpha value is -3.92. The van der Waals surface area contributed by atoms with Crippen molar-refractivity contribution in [1.29, 1.82) is 5.26 Å². The number of aliphatic carboxylic acids is 1. The van der Waals surface area contributed by atoms with E-state index >= 15 is 0 Å². The number of anilines is 1. The van der Waals surface area contributed by atoms with E-state index in [9.17, 15) is 19.2 Å². The number of nitrogens with one attached hydrogen (secondary N) is 1. The number of rotatable bonds is 5. The van der Waals surface area contributed by atoms with Crippen molar-refractivity contribution in [2.45, 2.75) is 6.54 Å². The lowest BCUT2D eigenvalue weighted by Gasteiger charge is -2.04. The first-order chi connectivity index (χ1) is 13.0. The number of para-hydroxylation sites is 1. The maximum absolute atomic E-state index is 13.2. The van der Waals surface area contributed by atoms with Crippen molar-refractivity contribution in [2.75, 3.05) is 5.32 Å². The Morgan fingerprint density at radius 3 is 2.70 bits per heavy atom. The number of nitrogens with zero attached hydrogens (tertiary/aromatic N) is 2. The molecule has 1 heterocycles. The minimum atomic E-state index is -1.00. The van der Waals surface area contributed by atoms with Crippen molar-refractivity contribution in [3.05, 3.63) is 71.7 Å². The van der Waals surface area contributed by atoms with Crippen LogP contribution in [0.4, 0.5) is 10.1 Å². The molecule has 1 aromatic heterocycles. The number of amides is 1. The molecule has 0 unspecified atom stereocenters. The van der Waals surface area contributed by atoms with Crippen molar-refractivity contribution in [2.24, 2.45) is 0 Å². The van der Waals surface area contributed by atoms with E-state index in [0.717, 1.165) is 6.07 Å². The van der Waals surface area contributed by atoms with E-state index in [2.05, 4.69) is 5.32 Å². The van der Waals surface area contributed by atoms with Crippen molar-refractivity contribution < 1.29 is 19.1 Å². The van der Waals surface area contributed by atoms with Gasteiger partial charge in [-0.15, -0.1) is 0 Å². The number of carboxylic acids is 1. The zero-order valence-electron chi connectivity index (χ0n) is 14.0. The van der Waals surface area contributed by atoms with Crippen molar-refractivity contribution in [3.8, 4) is 6.07 Å². The van der Waals surface area contributed by atoms with Gasteiger partial charge in [-0.2, -0.15) is 5.26 Å². The molecular formula is C20H14FN3O3. The van der Waals surface area contributed by atoms with Crippen LogP contribution in [0, 0.1) is 17.1 Å². The molecule has 0 radical (unpaired) electrons. The molecular weight excluding hydrogens is 349 g/mol. The Morgan fingerprint density at radius 1 is 1.22 bits per heavy atom. The number of carbonyl (C=O) groups is 2. The van der Waals surface area contributed by atoms with E-state index < -0.39 is 17.7 Å². The lowest BCUT2D eigenvalue weighted by molar-refractivity contribution is -0.137. The Balaban J connectivity index is 1.97. The van der Waals surface area contributed by atoms with Gasteiger partial charge in [-0.3, -0.25) is 9.59 Å². The summed E-state index contributed by atoms with van der Waals surface area (Å²) in [4.78, 5) is 23.4. The molecule has 2 aromatic carbocycles. The standard InChI is InChI=1S/C20H14FN3O3/c21-15-4-3-5-16(9-15)23-20(27)13(10-22)8-14-11-24(12-19(25)26)18-7-2-1-6-17(14)18/h1-9,11H,12H2,(H,23,27)(H,25,26)/b13-8+. The highest BCUT2D eigenvalue weighted by Gasteiger charge is 2.14. The third-order valence-corrected chi connectivity index (χ3v) is 3.87. The SMILES string of the molecule is N#C/C(=C\c1cn(CC(=O)O)c2ccccc12)C(=O)Nc1cccc(F)c1. The first-order valence-electron chi connectivity index (χ1n) is 7.96. The second-order valence-corrected chi connectivity index (χ2v) is 5.76. The Bertz CT molecular complexity index is 1110. The molecule has 3 rings (SSSR count). The van der Waals surface area contributed by atoms with Gasteiger partial charge in [0.25, 0.3) is 5.91 Å². The van der Waals surface area contributed by atoms with Crippen LogP contribution in [0.25, 0.3) is 17.0 Å². The highest BCUT2D eigenvalue weighted by molar-refractivity contribution is 6.10. The summed E-state index contributed by atoms with van der Waals surface area (Å²) in [5.74, 6) is -2.19. The molecule has 0 atom stereocenters. The van der Waals surface area contributed by atoms with Crippen LogP contribution in [0.2, 0.25) is 0 Å². The lowest BCUT2D eigenvalue weighted by atomic mass is 10.1. The molecule has 0 saturated heterocycles. The molecule has 2 N–H and O–H groups in total. The number of carboxylic acid groups (broad SMARTS) is 1. The number of benzene rings is 2. The quantitative estimate of drug-likeness (QED) is 0.536. The highest BCUT2D eigenvalue weighted by atomic mass is 19.1. The van der Waals surface area contributed by atoms with Crippen LogP contribution in [0.5, 0.6) is 0 Å². The number of carbonyl (C=O) groups excluding carboxylic acids is 1. The zero-order valence-corrected chi connectivity index (χ0v) is 14.0. The van der Waals surface area contributed by atoms with Gasteiger partial charge < -0.3 is 15.0 Å². The average Bonchev–Trinajstić information content (AvgIpc) is 2.96. The van der Waals surface area contributed by atoms with Gasteiger partial charge in [-0.25, -0.2) is 4.39 Å². The molecule has 0 aliphatic rings. The van der Waals surface area contributed by atoms with Gasteiger partial charge in [-0.05, 0) is 30.3 Å². The predicted molar refractivity (Wildman–Crippen MR) is 98.2 cm³/mol. The molecule has 0 aliphatic carbocycles. The van der Waals surface area contributed by atoms with Crippen molar-refractivity contribution in [3.63, 3.8) is 0 Å². The summed E-state index contributed by atoms with van der Waals surface area (Å²) in [6.07, 6.45) is 2.96. The molecule has 0 spiro atoms. The van der Waals surface area contributed by atoms with E-state index in [1.807, 2.05) is 6.07 Å². The Kier molecular flexibility index (Phi) is 4.99. The molecule has 27 heavy (non-hydrogen) atoms. The summed E-state index contributed by atoms with van der Waals surface area (Å²) in [7, 11) is 0. The summed E-state index contributed by atoms with van der Waals surface area (Å²) in [5, 5.41) is 21.6. The topological polar surface area (TPSA) is 95.1 Å². The maximum Gasteiger partial charge on any atom is 0.323 e. The molecule has 0 saturated carbocycles. The number of halogens is 1. The normalized spacial score (nSPS) is 11.2. The van der Waals surface area contributed by atoms with E-state index in [-0.39, 0.29) is 17.8 Å². The molecule has 0 fully saturated rings. The number of fused-ring (bicyclic) bond motifs is 1. The van der Waals surface area contributed by atoms with Gasteiger partial charge in [0.15, 0.2) is 0 Å². The third kappa shape index (κ3) is 4.02. The van der Waals surface area contributed by atoms with Crippen LogP contribution in [0.15, 0.2) is 60.3 Å². The van der Waals surface area contributed by atoms with Crippen LogP contribution < -0.4 is 5.32 Å². The van der Waals surface area contributed by atoms with E-state index in [4.69, 9.17) is 5.11 Å². The number of nitriles is 1. The fourth-order valence-electron chi connectivity index (χ4n) is 2.74. The summed E-state index contributed by atoms with van der Waals surface area (Å²) < 4.78 is 14.8. The molecule has 7 heteroatoms. The van der Waals surface area contributed by atoms with Gasteiger partial charge in [-0.1, -0.05) is 24.3 Å². The summed E-state index contributed by atoms with van der Waals surface area (Å²) >= 11 is 0. The first kappa shape index (κ1) is 17.9.